The highest BCUT2D eigenvalue weighted by atomic mass is 16.5. The van der Waals surface area contributed by atoms with Gasteiger partial charge in [-0.15, -0.1) is 0 Å². The van der Waals surface area contributed by atoms with Crippen LogP contribution < -0.4 is 10.1 Å². The smallest absolute Gasteiger partial charge is 0.237 e. The van der Waals surface area contributed by atoms with E-state index in [1.807, 2.05) is 30.6 Å². The summed E-state index contributed by atoms with van der Waals surface area (Å²) in [5.41, 5.74) is 2.10. The number of aromatic amines is 1. The first kappa shape index (κ1) is 9.58. The zero-order valence-electron chi connectivity index (χ0n) is 8.53. The van der Waals surface area contributed by atoms with Gasteiger partial charge in [0.25, 0.3) is 0 Å². The molecule has 2 rings (SSSR count). The highest BCUT2D eigenvalue weighted by Gasteiger charge is 2.01. The molecule has 2 aromatic heterocycles. The molecule has 0 aliphatic carbocycles. The summed E-state index contributed by atoms with van der Waals surface area (Å²) in [6.07, 6.45) is 5.56. The monoisotopic (exact) mass is 203 g/mol. The van der Waals surface area contributed by atoms with Crippen molar-refractivity contribution in [1.29, 1.82) is 0 Å². The fourth-order valence-corrected chi connectivity index (χ4v) is 1.35. The third kappa shape index (κ3) is 2.28. The largest absolute Gasteiger partial charge is 0.480 e. The van der Waals surface area contributed by atoms with Crippen LogP contribution in [0.2, 0.25) is 0 Å². The van der Waals surface area contributed by atoms with Gasteiger partial charge in [0.1, 0.15) is 0 Å². The number of hydrogen-bond acceptors (Lipinski definition) is 3. The molecule has 2 aromatic rings. The third-order valence-electron chi connectivity index (χ3n) is 2.11. The molecule has 0 aliphatic heterocycles. The molecule has 0 spiro atoms. The van der Waals surface area contributed by atoms with Gasteiger partial charge in [0.15, 0.2) is 0 Å². The van der Waals surface area contributed by atoms with E-state index in [0.29, 0.717) is 5.88 Å². The van der Waals surface area contributed by atoms with Crippen molar-refractivity contribution in [3.63, 3.8) is 0 Å². The quantitative estimate of drug-likeness (QED) is 0.799. The number of hydrogen-bond donors (Lipinski definition) is 2. The van der Waals surface area contributed by atoms with Crippen LogP contribution in [-0.2, 0) is 6.54 Å². The second-order valence-corrected chi connectivity index (χ2v) is 3.13. The highest BCUT2D eigenvalue weighted by molar-refractivity contribution is 5.52. The Bertz CT molecular complexity index is 412. The number of pyridine rings is 1. The SMILES string of the molecule is COc1ncccc1NCc1cc[nH]c1. The summed E-state index contributed by atoms with van der Waals surface area (Å²) in [6.45, 7) is 0.756. The lowest BCUT2D eigenvalue weighted by Gasteiger charge is -2.08. The van der Waals surface area contributed by atoms with E-state index in [2.05, 4.69) is 15.3 Å². The molecule has 0 saturated carbocycles. The van der Waals surface area contributed by atoms with Crippen molar-refractivity contribution < 1.29 is 4.74 Å². The predicted molar refractivity (Wildman–Crippen MR) is 58.9 cm³/mol. The fraction of sp³-hybridized carbons (Fsp3) is 0.182. The average molecular weight is 203 g/mol. The summed E-state index contributed by atoms with van der Waals surface area (Å²) in [5, 5.41) is 3.26. The van der Waals surface area contributed by atoms with Crippen LogP contribution in [0.25, 0.3) is 0 Å². The zero-order chi connectivity index (χ0) is 10.5. The molecule has 0 radical (unpaired) electrons. The van der Waals surface area contributed by atoms with Crippen molar-refractivity contribution in [3.05, 3.63) is 42.4 Å². The molecule has 0 atom stereocenters. The Morgan fingerprint density at radius 1 is 1.47 bits per heavy atom. The van der Waals surface area contributed by atoms with Crippen LogP contribution >= 0.6 is 0 Å². The van der Waals surface area contributed by atoms with Gasteiger partial charge in [-0.1, -0.05) is 0 Å². The van der Waals surface area contributed by atoms with Crippen LogP contribution in [0.15, 0.2) is 36.8 Å². The molecule has 78 valence electrons. The molecule has 4 nitrogen and oxygen atoms in total. The summed E-state index contributed by atoms with van der Waals surface area (Å²) in [6, 6.07) is 5.84. The minimum Gasteiger partial charge on any atom is -0.480 e. The van der Waals surface area contributed by atoms with Crippen LogP contribution in [0, 0.1) is 0 Å². The average Bonchev–Trinajstić information content (AvgIpc) is 2.79. The van der Waals surface area contributed by atoms with Gasteiger partial charge >= 0.3 is 0 Å². The molecule has 0 amide bonds. The lowest BCUT2D eigenvalue weighted by atomic mass is 10.3. The van der Waals surface area contributed by atoms with Gasteiger partial charge in [0, 0.05) is 25.1 Å². The summed E-state index contributed by atoms with van der Waals surface area (Å²) >= 11 is 0. The normalized spacial score (nSPS) is 9.93. The number of nitrogens with zero attached hydrogens (tertiary/aromatic N) is 1. The summed E-state index contributed by atoms with van der Waals surface area (Å²) in [7, 11) is 1.61. The van der Waals surface area contributed by atoms with Crippen LogP contribution in [-0.4, -0.2) is 17.1 Å². The van der Waals surface area contributed by atoms with Crippen molar-refractivity contribution in [2.24, 2.45) is 0 Å². The molecule has 0 aliphatic rings. The number of methoxy groups -OCH3 is 1. The van der Waals surface area contributed by atoms with Gasteiger partial charge in [-0.25, -0.2) is 4.98 Å². The zero-order valence-corrected chi connectivity index (χ0v) is 8.53. The van der Waals surface area contributed by atoms with Crippen molar-refractivity contribution in [2.75, 3.05) is 12.4 Å². The molecule has 0 fully saturated rings. The van der Waals surface area contributed by atoms with Crippen LogP contribution in [0.4, 0.5) is 5.69 Å². The molecule has 4 heteroatoms. The topological polar surface area (TPSA) is 49.9 Å². The molecule has 0 aromatic carbocycles. The Balaban J connectivity index is 2.04. The maximum atomic E-state index is 5.13. The van der Waals surface area contributed by atoms with Crippen molar-refractivity contribution >= 4 is 5.69 Å². The first-order chi connectivity index (χ1) is 7.40. The van der Waals surface area contributed by atoms with E-state index in [4.69, 9.17) is 4.74 Å². The maximum Gasteiger partial charge on any atom is 0.237 e. The van der Waals surface area contributed by atoms with Gasteiger partial charge in [0.2, 0.25) is 5.88 Å². The van der Waals surface area contributed by atoms with E-state index >= 15 is 0 Å². The molecule has 2 heterocycles. The summed E-state index contributed by atoms with van der Waals surface area (Å²) in [4.78, 5) is 7.11. The molecule has 0 unspecified atom stereocenters. The van der Waals surface area contributed by atoms with Crippen molar-refractivity contribution in [1.82, 2.24) is 9.97 Å². The summed E-state index contributed by atoms with van der Waals surface area (Å²) < 4.78 is 5.13. The third-order valence-corrected chi connectivity index (χ3v) is 2.11. The Labute approximate surface area is 88.3 Å². The van der Waals surface area contributed by atoms with Gasteiger partial charge < -0.3 is 15.0 Å². The number of rotatable bonds is 4. The second-order valence-electron chi connectivity index (χ2n) is 3.13. The number of H-pyrrole nitrogens is 1. The predicted octanol–water partition coefficient (Wildman–Crippen LogP) is 2.03. The van der Waals surface area contributed by atoms with E-state index in [-0.39, 0.29) is 0 Å². The highest BCUT2D eigenvalue weighted by Crippen LogP contribution is 2.20. The first-order valence-electron chi connectivity index (χ1n) is 4.74. The number of anilines is 1. The Kier molecular flexibility index (Phi) is 2.88. The minimum atomic E-state index is 0.619. The fourth-order valence-electron chi connectivity index (χ4n) is 1.35. The van der Waals surface area contributed by atoms with Crippen molar-refractivity contribution in [2.45, 2.75) is 6.54 Å². The first-order valence-corrected chi connectivity index (χ1v) is 4.74. The van der Waals surface area contributed by atoms with Crippen LogP contribution in [0.3, 0.4) is 0 Å². The standard InChI is InChI=1S/C11H13N3O/c1-15-11-10(3-2-5-13-11)14-8-9-4-6-12-7-9/h2-7,12,14H,8H2,1H3. The van der Waals surface area contributed by atoms with Gasteiger partial charge in [-0.3, -0.25) is 0 Å². The Morgan fingerprint density at radius 2 is 2.40 bits per heavy atom. The van der Waals surface area contributed by atoms with Crippen LogP contribution in [0.5, 0.6) is 5.88 Å². The van der Waals surface area contributed by atoms with E-state index in [9.17, 15) is 0 Å². The van der Waals surface area contributed by atoms with E-state index < -0.39 is 0 Å². The lowest BCUT2D eigenvalue weighted by Crippen LogP contribution is -2.01. The molecule has 0 saturated heterocycles. The van der Waals surface area contributed by atoms with Gasteiger partial charge in [0.05, 0.1) is 12.8 Å². The Morgan fingerprint density at radius 3 is 3.13 bits per heavy atom. The Hall–Kier alpha value is -1.97. The molecule has 2 N–H and O–H groups in total. The van der Waals surface area contributed by atoms with E-state index in [1.54, 1.807) is 13.3 Å². The molecule has 15 heavy (non-hydrogen) atoms. The van der Waals surface area contributed by atoms with Gasteiger partial charge in [-0.05, 0) is 23.8 Å². The minimum absolute atomic E-state index is 0.619. The number of nitrogens with one attached hydrogen (secondary N) is 2. The number of ether oxygens (including phenoxy) is 1. The molecule has 0 bridgehead atoms. The molecular formula is C11H13N3O. The summed E-state index contributed by atoms with van der Waals surface area (Å²) in [5.74, 6) is 0.619. The van der Waals surface area contributed by atoms with Crippen molar-refractivity contribution in [3.8, 4) is 5.88 Å². The second kappa shape index (κ2) is 4.50. The number of aromatic nitrogens is 2. The maximum absolute atomic E-state index is 5.13. The van der Waals surface area contributed by atoms with Crippen LogP contribution in [0.1, 0.15) is 5.56 Å². The lowest BCUT2D eigenvalue weighted by molar-refractivity contribution is 0.399. The molecular weight excluding hydrogens is 190 g/mol. The van der Waals surface area contributed by atoms with E-state index in [1.165, 1.54) is 5.56 Å². The van der Waals surface area contributed by atoms with E-state index in [0.717, 1.165) is 12.2 Å². The van der Waals surface area contributed by atoms with Gasteiger partial charge in [-0.2, -0.15) is 0 Å².